The first kappa shape index (κ1) is 18.5. The van der Waals surface area contributed by atoms with Crippen LogP contribution in [0.4, 0.5) is 4.79 Å². The summed E-state index contributed by atoms with van der Waals surface area (Å²) in [7, 11) is 0. The lowest BCUT2D eigenvalue weighted by atomic mass is 9.99. The Kier molecular flexibility index (Phi) is 5.17. The number of carbonyl (C=O) groups is 1. The number of benzene rings is 1. The number of ether oxygens (including phenoxy) is 1. The molecular weight excluding hydrogens is 316 g/mol. The summed E-state index contributed by atoms with van der Waals surface area (Å²) in [5.74, 6) is 0. The van der Waals surface area contributed by atoms with Crippen molar-refractivity contribution in [2.75, 3.05) is 0 Å². The fourth-order valence-electron chi connectivity index (χ4n) is 2.46. The van der Waals surface area contributed by atoms with Gasteiger partial charge in [0.05, 0.1) is 18.0 Å². The van der Waals surface area contributed by atoms with Gasteiger partial charge in [0.25, 0.3) is 0 Å². The van der Waals surface area contributed by atoms with Crippen LogP contribution in [0.2, 0.25) is 0 Å². The Morgan fingerprint density at radius 1 is 1.24 bits per heavy atom. The van der Waals surface area contributed by atoms with Gasteiger partial charge in [0.15, 0.2) is 0 Å². The number of nitrogens with one attached hydrogen (secondary N) is 1. The molecule has 6 heteroatoms. The van der Waals surface area contributed by atoms with Crippen molar-refractivity contribution >= 4 is 6.09 Å². The van der Waals surface area contributed by atoms with Gasteiger partial charge >= 0.3 is 6.09 Å². The van der Waals surface area contributed by atoms with Crippen LogP contribution in [0.15, 0.2) is 36.8 Å². The van der Waals surface area contributed by atoms with Crippen molar-refractivity contribution in [2.24, 2.45) is 0 Å². The maximum absolute atomic E-state index is 12.0. The van der Waals surface area contributed by atoms with Crippen molar-refractivity contribution in [3.8, 4) is 11.8 Å². The molecule has 0 spiro atoms. The molecule has 6 nitrogen and oxygen atoms in total. The first-order valence-electron chi connectivity index (χ1n) is 8.12. The van der Waals surface area contributed by atoms with Gasteiger partial charge in [0.1, 0.15) is 5.60 Å². The summed E-state index contributed by atoms with van der Waals surface area (Å²) < 4.78 is 7.27. The van der Waals surface area contributed by atoms with Gasteiger partial charge in [0.2, 0.25) is 0 Å². The number of hydrogen-bond donors (Lipinski definition) is 1. The molecule has 2 rings (SSSR count). The summed E-state index contributed by atoms with van der Waals surface area (Å²) in [6.45, 7) is 9.37. The van der Waals surface area contributed by atoms with Crippen LogP contribution in [-0.2, 0) is 11.2 Å². The predicted molar refractivity (Wildman–Crippen MR) is 95.4 cm³/mol. The average Bonchev–Trinajstić information content (AvgIpc) is 2.91. The van der Waals surface area contributed by atoms with Gasteiger partial charge in [-0.15, -0.1) is 0 Å². The molecule has 1 amide bonds. The normalized spacial score (nSPS) is 11.7. The van der Waals surface area contributed by atoms with Crippen LogP contribution in [0, 0.1) is 11.3 Å². The quantitative estimate of drug-likeness (QED) is 0.922. The van der Waals surface area contributed by atoms with Crippen molar-refractivity contribution in [1.82, 2.24) is 14.9 Å². The summed E-state index contributed by atoms with van der Waals surface area (Å²) in [5.41, 5.74) is 1.43. The summed E-state index contributed by atoms with van der Waals surface area (Å²) in [6, 6.07) is 9.39. The fraction of sp³-hybridized carbons (Fsp3) is 0.421. The molecule has 0 unspecified atom stereocenters. The largest absolute Gasteiger partial charge is 0.444 e. The molecule has 1 aromatic heterocycles. The van der Waals surface area contributed by atoms with Crippen LogP contribution >= 0.6 is 0 Å². The maximum atomic E-state index is 12.0. The first-order chi connectivity index (χ1) is 11.6. The van der Waals surface area contributed by atoms with Crippen LogP contribution in [0.25, 0.3) is 5.69 Å². The van der Waals surface area contributed by atoms with Crippen molar-refractivity contribution < 1.29 is 9.53 Å². The number of nitrogens with zero attached hydrogens (tertiary/aromatic N) is 3. The molecule has 0 saturated carbocycles. The summed E-state index contributed by atoms with van der Waals surface area (Å²) >= 11 is 0. The number of rotatable bonds is 4. The SMILES string of the molecule is CC(C)(Cc1cncn1-c1ccc(C#N)cc1)NC(=O)OC(C)(C)C. The highest BCUT2D eigenvalue weighted by Gasteiger charge is 2.26. The standard InChI is InChI=1S/C19H24N4O2/c1-18(2,3)25-17(24)22-19(4,5)10-16-12-21-13-23(16)15-8-6-14(11-20)7-9-15/h6-9,12-13H,10H2,1-5H3,(H,22,24). The molecule has 1 aromatic carbocycles. The minimum absolute atomic E-state index is 0.443. The minimum atomic E-state index is -0.537. The third-order valence-electron chi connectivity index (χ3n) is 3.45. The second-order valence-corrected chi connectivity index (χ2v) is 7.60. The minimum Gasteiger partial charge on any atom is -0.444 e. The molecule has 0 aliphatic carbocycles. The second kappa shape index (κ2) is 6.98. The van der Waals surface area contributed by atoms with Crippen LogP contribution in [0.5, 0.6) is 0 Å². The fourth-order valence-corrected chi connectivity index (χ4v) is 2.46. The monoisotopic (exact) mass is 340 g/mol. The van der Waals surface area contributed by atoms with E-state index in [4.69, 9.17) is 10.00 Å². The van der Waals surface area contributed by atoms with Crippen molar-refractivity contribution in [3.63, 3.8) is 0 Å². The molecule has 132 valence electrons. The summed E-state index contributed by atoms with van der Waals surface area (Å²) in [6.07, 6.45) is 3.63. The van der Waals surface area contributed by atoms with Crippen molar-refractivity contribution in [3.05, 3.63) is 48.0 Å². The van der Waals surface area contributed by atoms with Gasteiger partial charge in [-0.3, -0.25) is 0 Å². The van der Waals surface area contributed by atoms with Crippen molar-refractivity contribution in [1.29, 1.82) is 5.26 Å². The summed E-state index contributed by atoms with van der Waals surface area (Å²) in [4.78, 5) is 16.3. The molecule has 0 saturated heterocycles. The predicted octanol–water partition coefficient (Wildman–Crippen LogP) is 3.59. The Labute approximate surface area is 148 Å². The highest BCUT2D eigenvalue weighted by Crippen LogP contribution is 2.18. The van der Waals surface area contributed by atoms with Gasteiger partial charge in [0, 0.05) is 29.5 Å². The lowest BCUT2D eigenvalue weighted by molar-refractivity contribution is 0.0472. The lowest BCUT2D eigenvalue weighted by Gasteiger charge is -2.29. The molecule has 0 atom stereocenters. The molecule has 2 aromatic rings. The Morgan fingerprint density at radius 3 is 2.44 bits per heavy atom. The molecule has 0 aliphatic rings. The van der Waals surface area contributed by atoms with Gasteiger partial charge in [-0.1, -0.05) is 0 Å². The zero-order chi connectivity index (χ0) is 18.7. The average molecular weight is 340 g/mol. The van der Waals surface area contributed by atoms with E-state index in [0.29, 0.717) is 12.0 Å². The zero-order valence-electron chi connectivity index (χ0n) is 15.3. The topological polar surface area (TPSA) is 79.9 Å². The molecule has 0 bridgehead atoms. The number of nitriles is 1. The first-order valence-corrected chi connectivity index (χ1v) is 8.12. The highest BCUT2D eigenvalue weighted by atomic mass is 16.6. The smallest absolute Gasteiger partial charge is 0.408 e. The molecule has 0 aliphatic heterocycles. The molecule has 25 heavy (non-hydrogen) atoms. The van der Waals surface area contributed by atoms with E-state index in [0.717, 1.165) is 11.4 Å². The van der Waals surface area contributed by atoms with E-state index in [1.54, 1.807) is 24.7 Å². The molecule has 0 radical (unpaired) electrons. The second-order valence-electron chi connectivity index (χ2n) is 7.60. The van der Waals surface area contributed by atoms with E-state index in [2.05, 4.69) is 16.4 Å². The van der Waals surface area contributed by atoms with Crippen LogP contribution in [0.3, 0.4) is 0 Å². The molecule has 1 heterocycles. The van der Waals surface area contributed by atoms with E-state index < -0.39 is 17.2 Å². The van der Waals surface area contributed by atoms with E-state index in [1.165, 1.54) is 0 Å². The van der Waals surface area contributed by atoms with Gasteiger partial charge in [-0.25, -0.2) is 9.78 Å². The van der Waals surface area contributed by atoms with Crippen LogP contribution in [0.1, 0.15) is 45.9 Å². The number of imidazole rings is 1. The Balaban J connectivity index is 2.13. The van der Waals surface area contributed by atoms with E-state index in [9.17, 15) is 4.79 Å². The van der Waals surface area contributed by atoms with E-state index in [1.807, 2.05) is 51.3 Å². The molecule has 0 fully saturated rings. The number of carbonyl (C=O) groups excluding carboxylic acids is 1. The van der Waals surface area contributed by atoms with E-state index in [-0.39, 0.29) is 0 Å². The number of alkyl carbamates (subject to hydrolysis) is 1. The third-order valence-corrected chi connectivity index (χ3v) is 3.45. The van der Waals surface area contributed by atoms with Gasteiger partial charge in [-0.05, 0) is 58.9 Å². The number of hydrogen-bond acceptors (Lipinski definition) is 4. The number of aromatic nitrogens is 2. The Bertz CT molecular complexity index is 777. The molecule has 1 N–H and O–H groups in total. The van der Waals surface area contributed by atoms with Crippen LogP contribution < -0.4 is 5.32 Å². The zero-order valence-corrected chi connectivity index (χ0v) is 15.3. The van der Waals surface area contributed by atoms with Gasteiger partial charge in [-0.2, -0.15) is 5.26 Å². The highest BCUT2D eigenvalue weighted by molar-refractivity contribution is 5.68. The van der Waals surface area contributed by atoms with Crippen LogP contribution in [-0.4, -0.2) is 26.8 Å². The number of amides is 1. The lowest BCUT2D eigenvalue weighted by Crippen LogP contribution is -2.47. The maximum Gasteiger partial charge on any atom is 0.408 e. The Morgan fingerprint density at radius 2 is 1.88 bits per heavy atom. The molecular formula is C19H24N4O2. The van der Waals surface area contributed by atoms with Gasteiger partial charge < -0.3 is 14.6 Å². The summed E-state index contributed by atoms with van der Waals surface area (Å²) in [5, 5.41) is 11.8. The van der Waals surface area contributed by atoms with E-state index >= 15 is 0 Å². The van der Waals surface area contributed by atoms with Crippen molar-refractivity contribution in [2.45, 2.75) is 52.2 Å². The Hall–Kier alpha value is -2.81. The third kappa shape index (κ3) is 5.35.